The van der Waals surface area contributed by atoms with Crippen LogP contribution in [0.15, 0.2) is 18.3 Å². The second kappa shape index (κ2) is 6.49. The van der Waals surface area contributed by atoms with E-state index < -0.39 is 15.8 Å². The summed E-state index contributed by atoms with van der Waals surface area (Å²) in [5.74, 6) is -1.04. The van der Waals surface area contributed by atoms with E-state index in [4.69, 9.17) is 5.11 Å². The molecule has 0 aliphatic heterocycles. The number of pyridine rings is 1. The standard InChI is InChI=1S/C12H17NO4S/c1-2-3-4-7-18(16,17)9-11-6-5-10(8-13-11)12(14)15/h5-6,8H,2-4,7,9H2,1H3,(H,14,15). The highest BCUT2D eigenvalue weighted by atomic mass is 32.2. The van der Waals surface area contributed by atoms with Gasteiger partial charge in [0.15, 0.2) is 9.84 Å². The summed E-state index contributed by atoms with van der Waals surface area (Å²) in [6.45, 7) is 2.01. The maximum Gasteiger partial charge on any atom is 0.337 e. The molecular weight excluding hydrogens is 254 g/mol. The minimum Gasteiger partial charge on any atom is -0.478 e. The predicted molar refractivity (Wildman–Crippen MR) is 68.2 cm³/mol. The minimum absolute atomic E-state index is 0.0575. The van der Waals surface area contributed by atoms with E-state index >= 15 is 0 Å². The number of carbonyl (C=O) groups is 1. The molecule has 1 aromatic heterocycles. The van der Waals surface area contributed by atoms with Gasteiger partial charge in [0, 0.05) is 6.20 Å². The summed E-state index contributed by atoms with van der Waals surface area (Å²) in [6, 6.07) is 2.81. The first kappa shape index (κ1) is 14.6. The number of carboxylic acids is 1. The van der Waals surface area contributed by atoms with E-state index in [2.05, 4.69) is 4.98 Å². The van der Waals surface area contributed by atoms with Crippen molar-refractivity contribution >= 4 is 15.8 Å². The molecule has 0 aliphatic rings. The van der Waals surface area contributed by atoms with Gasteiger partial charge in [0.05, 0.1) is 22.8 Å². The monoisotopic (exact) mass is 271 g/mol. The Kier molecular flexibility index (Phi) is 5.27. The van der Waals surface area contributed by atoms with Gasteiger partial charge in [-0.2, -0.15) is 0 Å². The van der Waals surface area contributed by atoms with E-state index in [-0.39, 0.29) is 17.1 Å². The van der Waals surface area contributed by atoms with Crippen molar-refractivity contribution in [2.75, 3.05) is 5.75 Å². The molecule has 1 N–H and O–H groups in total. The van der Waals surface area contributed by atoms with E-state index in [1.165, 1.54) is 18.3 Å². The van der Waals surface area contributed by atoms with Crippen LogP contribution in [0.4, 0.5) is 0 Å². The number of aromatic carboxylic acids is 1. The van der Waals surface area contributed by atoms with E-state index in [0.717, 1.165) is 12.8 Å². The van der Waals surface area contributed by atoms with Gasteiger partial charge in [0.25, 0.3) is 0 Å². The Morgan fingerprint density at radius 3 is 2.56 bits per heavy atom. The van der Waals surface area contributed by atoms with Gasteiger partial charge in [0.2, 0.25) is 0 Å². The van der Waals surface area contributed by atoms with Gasteiger partial charge in [-0.25, -0.2) is 13.2 Å². The quantitative estimate of drug-likeness (QED) is 0.765. The Morgan fingerprint density at radius 1 is 1.33 bits per heavy atom. The molecule has 0 amide bonds. The maximum absolute atomic E-state index is 11.7. The number of rotatable bonds is 7. The zero-order valence-electron chi connectivity index (χ0n) is 10.3. The lowest BCUT2D eigenvalue weighted by atomic mass is 10.2. The molecule has 5 nitrogen and oxygen atoms in total. The lowest BCUT2D eigenvalue weighted by Gasteiger charge is -2.03. The van der Waals surface area contributed by atoms with Crippen LogP contribution >= 0.6 is 0 Å². The Hall–Kier alpha value is -1.43. The van der Waals surface area contributed by atoms with Gasteiger partial charge in [-0.1, -0.05) is 19.8 Å². The van der Waals surface area contributed by atoms with Crippen LogP contribution in [0.25, 0.3) is 0 Å². The third kappa shape index (κ3) is 4.83. The Labute approximate surface area is 107 Å². The summed E-state index contributed by atoms with van der Waals surface area (Å²) in [6.07, 6.45) is 3.71. The topological polar surface area (TPSA) is 84.3 Å². The summed E-state index contributed by atoms with van der Waals surface area (Å²) >= 11 is 0. The number of carboxylic acid groups (broad SMARTS) is 1. The van der Waals surface area contributed by atoms with Gasteiger partial charge in [-0.05, 0) is 18.6 Å². The molecule has 1 heterocycles. The molecule has 100 valence electrons. The summed E-state index contributed by atoms with van der Waals surface area (Å²) in [5.41, 5.74) is 0.443. The van der Waals surface area contributed by atoms with E-state index in [1.807, 2.05) is 6.92 Å². The molecule has 0 bridgehead atoms. The van der Waals surface area contributed by atoms with Crippen LogP contribution in [-0.4, -0.2) is 30.2 Å². The minimum atomic E-state index is -3.15. The van der Waals surface area contributed by atoms with Crippen molar-refractivity contribution in [2.45, 2.75) is 31.9 Å². The van der Waals surface area contributed by atoms with Crippen molar-refractivity contribution < 1.29 is 18.3 Å². The Bertz CT molecular complexity index is 493. The Balaban J connectivity index is 2.63. The van der Waals surface area contributed by atoms with Crippen molar-refractivity contribution in [3.05, 3.63) is 29.6 Å². The molecule has 18 heavy (non-hydrogen) atoms. The molecule has 0 spiro atoms. The summed E-state index contributed by atoms with van der Waals surface area (Å²) in [4.78, 5) is 14.5. The lowest BCUT2D eigenvalue weighted by Crippen LogP contribution is -2.10. The number of nitrogens with zero attached hydrogens (tertiary/aromatic N) is 1. The van der Waals surface area contributed by atoms with Crippen LogP contribution in [0.2, 0.25) is 0 Å². The molecule has 0 fully saturated rings. The highest BCUT2D eigenvalue weighted by Gasteiger charge is 2.13. The van der Waals surface area contributed by atoms with Gasteiger partial charge >= 0.3 is 5.97 Å². The molecule has 0 aliphatic carbocycles. The van der Waals surface area contributed by atoms with Gasteiger partial charge in [0.1, 0.15) is 0 Å². The van der Waals surface area contributed by atoms with Crippen molar-refractivity contribution in [3.63, 3.8) is 0 Å². The zero-order valence-corrected chi connectivity index (χ0v) is 11.1. The molecule has 0 radical (unpaired) electrons. The molecule has 1 rings (SSSR count). The summed E-state index contributed by atoms with van der Waals surface area (Å²) < 4.78 is 23.5. The third-order valence-corrected chi connectivity index (χ3v) is 4.14. The van der Waals surface area contributed by atoms with E-state index in [9.17, 15) is 13.2 Å². The third-order valence-electron chi connectivity index (χ3n) is 2.50. The van der Waals surface area contributed by atoms with Crippen LogP contribution in [0, 0.1) is 0 Å². The lowest BCUT2D eigenvalue weighted by molar-refractivity contribution is 0.0696. The van der Waals surface area contributed by atoms with Crippen molar-refractivity contribution in [2.24, 2.45) is 0 Å². The number of hydrogen-bond donors (Lipinski definition) is 1. The number of unbranched alkanes of at least 4 members (excludes halogenated alkanes) is 2. The predicted octanol–water partition coefficient (Wildman–Crippen LogP) is 1.88. The fraction of sp³-hybridized carbons (Fsp3) is 0.500. The van der Waals surface area contributed by atoms with Crippen LogP contribution in [-0.2, 0) is 15.6 Å². The van der Waals surface area contributed by atoms with Crippen LogP contribution in [0.3, 0.4) is 0 Å². The maximum atomic E-state index is 11.7. The fourth-order valence-electron chi connectivity index (χ4n) is 1.51. The first-order valence-electron chi connectivity index (χ1n) is 5.83. The van der Waals surface area contributed by atoms with Crippen LogP contribution in [0.1, 0.15) is 42.2 Å². The SMILES string of the molecule is CCCCCS(=O)(=O)Cc1ccc(C(=O)O)cn1. The van der Waals surface area contributed by atoms with E-state index in [0.29, 0.717) is 12.1 Å². The number of aromatic nitrogens is 1. The van der Waals surface area contributed by atoms with Crippen molar-refractivity contribution in [1.29, 1.82) is 0 Å². The van der Waals surface area contributed by atoms with Crippen LogP contribution < -0.4 is 0 Å². The molecule has 0 saturated carbocycles. The fourth-order valence-corrected chi connectivity index (χ4v) is 2.92. The first-order valence-corrected chi connectivity index (χ1v) is 7.65. The largest absolute Gasteiger partial charge is 0.478 e. The molecule has 1 aromatic rings. The normalized spacial score (nSPS) is 11.4. The smallest absolute Gasteiger partial charge is 0.337 e. The van der Waals surface area contributed by atoms with Gasteiger partial charge in [-0.15, -0.1) is 0 Å². The molecule has 0 saturated heterocycles. The number of sulfone groups is 1. The van der Waals surface area contributed by atoms with Crippen LogP contribution in [0.5, 0.6) is 0 Å². The first-order chi connectivity index (χ1) is 8.44. The second-order valence-corrected chi connectivity index (χ2v) is 6.33. The molecule has 0 atom stereocenters. The molecular formula is C12H17NO4S. The molecule has 0 unspecified atom stereocenters. The van der Waals surface area contributed by atoms with E-state index in [1.54, 1.807) is 0 Å². The van der Waals surface area contributed by atoms with Gasteiger partial charge < -0.3 is 5.11 Å². The van der Waals surface area contributed by atoms with Gasteiger partial charge in [-0.3, -0.25) is 4.98 Å². The summed E-state index contributed by atoms with van der Waals surface area (Å²) in [5, 5.41) is 8.69. The highest BCUT2D eigenvalue weighted by Crippen LogP contribution is 2.08. The average molecular weight is 271 g/mol. The zero-order chi connectivity index (χ0) is 13.6. The highest BCUT2D eigenvalue weighted by molar-refractivity contribution is 7.90. The van der Waals surface area contributed by atoms with Crippen molar-refractivity contribution in [3.8, 4) is 0 Å². The Morgan fingerprint density at radius 2 is 2.06 bits per heavy atom. The molecule has 0 aromatic carbocycles. The summed E-state index contributed by atoms with van der Waals surface area (Å²) in [7, 11) is -3.15. The number of hydrogen-bond acceptors (Lipinski definition) is 4. The molecule has 6 heteroatoms. The second-order valence-electron chi connectivity index (χ2n) is 4.14. The van der Waals surface area contributed by atoms with Crippen molar-refractivity contribution in [1.82, 2.24) is 4.98 Å². The average Bonchev–Trinajstić information content (AvgIpc) is 2.29.